The number of carboxylic acid groups (broad SMARTS) is 1. The molecule has 0 aliphatic carbocycles. The van der Waals surface area contributed by atoms with Crippen molar-refractivity contribution >= 4 is 45.9 Å². The molecule has 0 bridgehead atoms. The number of halogens is 1. The Kier molecular flexibility index (Phi) is 5.08. The summed E-state index contributed by atoms with van der Waals surface area (Å²) in [6.07, 6.45) is 0. The molecule has 2 aromatic carbocycles. The van der Waals surface area contributed by atoms with Crippen molar-refractivity contribution in [3.05, 3.63) is 63.6 Å². The zero-order valence-corrected chi connectivity index (χ0v) is 16.0. The molecule has 0 radical (unpaired) electrons. The van der Waals surface area contributed by atoms with Gasteiger partial charge in [-0.25, -0.2) is 4.98 Å². The lowest BCUT2D eigenvalue weighted by Crippen LogP contribution is -2.04. The van der Waals surface area contributed by atoms with Gasteiger partial charge in [0.05, 0.1) is 10.6 Å². The van der Waals surface area contributed by atoms with Crippen molar-refractivity contribution in [2.24, 2.45) is 0 Å². The van der Waals surface area contributed by atoms with E-state index in [2.05, 4.69) is 33.5 Å². The molecule has 3 rings (SSSR count). The standard InChI is InChI=1S/C18H14BrNO2S2/c1-10-2-4-12(5-3-10)16-14(11-6-8-13(19)9-7-11)20-17(24-16)15(23)18(21)22/h2-9,15,23H,1H3,(H,21,22). The van der Waals surface area contributed by atoms with Crippen molar-refractivity contribution in [3.63, 3.8) is 0 Å². The summed E-state index contributed by atoms with van der Waals surface area (Å²) in [6.45, 7) is 2.03. The largest absolute Gasteiger partial charge is 0.480 e. The van der Waals surface area contributed by atoms with Crippen LogP contribution in [0.3, 0.4) is 0 Å². The maximum atomic E-state index is 11.3. The van der Waals surface area contributed by atoms with Gasteiger partial charge in [-0.1, -0.05) is 57.9 Å². The van der Waals surface area contributed by atoms with Gasteiger partial charge in [0.2, 0.25) is 0 Å². The van der Waals surface area contributed by atoms with Gasteiger partial charge in [-0.2, -0.15) is 12.6 Å². The zero-order chi connectivity index (χ0) is 17.3. The Bertz CT molecular complexity index is 810. The third-order valence-corrected chi connectivity index (χ3v) is 5.88. The highest BCUT2D eigenvalue weighted by Gasteiger charge is 2.23. The normalized spacial score (nSPS) is 12.1. The van der Waals surface area contributed by atoms with Crippen LogP contribution < -0.4 is 0 Å². The second kappa shape index (κ2) is 7.09. The predicted octanol–water partition coefficient (Wildman–Crippen LogP) is 5.60. The first kappa shape index (κ1) is 17.2. The number of aliphatic carboxylic acids is 1. The van der Waals surface area contributed by atoms with Crippen LogP contribution in [0.25, 0.3) is 21.7 Å². The van der Waals surface area contributed by atoms with Crippen molar-refractivity contribution in [2.75, 3.05) is 0 Å². The second-order valence-corrected chi connectivity index (χ2v) is 7.81. The molecule has 0 saturated heterocycles. The van der Waals surface area contributed by atoms with Gasteiger partial charge in [-0.15, -0.1) is 11.3 Å². The summed E-state index contributed by atoms with van der Waals surface area (Å²) < 4.78 is 0.983. The Morgan fingerprint density at radius 3 is 2.29 bits per heavy atom. The number of carbonyl (C=O) groups is 1. The minimum absolute atomic E-state index is 0.485. The summed E-state index contributed by atoms with van der Waals surface area (Å²) in [5, 5.41) is 8.79. The van der Waals surface area contributed by atoms with Crippen LogP contribution >= 0.6 is 39.9 Å². The van der Waals surface area contributed by atoms with E-state index in [4.69, 9.17) is 0 Å². The fourth-order valence-corrected chi connectivity index (χ4v) is 3.82. The van der Waals surface area contributed by atoms with Crippen molar-refractivity contribution < 1.29 is 9.90 Å². The van der Waals surface area contributed by atoms with E-state index in [1.54, 1.807) is 0 Å². The monoisotopic (exact) mass is 419 g/mol. The molecular weight excluding hydrogens is 406 g/mol. The van der Waals surface area contributed by atoms with Crippen LogP contribution in [0.1, 0.15) is 15.8 Å². The summed E-state index contributed by atoms with van der Waals surface area (Å²) in [7, 11) is 0. The topological polar surface area (TPSA) is 50.2 Å². The van der Waals surface area contributed by atoms with E-state index in [1.165, 1.54) is 16.9 Å². The predicted molar refractivity (Wildman–Crippen MR) is 105 cm³/mol. The number of thiazole rings is 1. The van der Waals surface area contributed by atoms with E-state index < -0.39 is 11.2 Å². The third-order valence-electron chi connectivity index (χ3n) is 3.54. The molecule has 0 aliphatic heterocycles. The quantitative estimate of drug-likeness (QED) is 0.540. The SMILES string of the molecule is Cc1ccc(-c2sc(C(S)C(=O)O)nc2-c2ccc(Br)cc2)cc1. The second-order valence-electron chi connectivity index (χ2n) is 5.34. The van der Waals surface area contributed by atoms with Gasteiger partial charge in [0, 0.05) is 10.0 Å². The van der Waals surface area contributed by atoms with Crippen molar-refractivity contribution in [3.8, 4) is 21.7 Å². The number of thiol groups is 1. The van der Waals surface area contributed by atoms with Gasteiger partial charge in [0.25, 0.3) is 0 Å². The van der Waals surface area contributed by atoms with Crippen LogP contribution in [-0.2, 0) is 4.79 Å². The summed E-state index contributed by atoms with van der Waals surface area (Å²) in [5.74, 6) is -0.995. The molecule has 1 atom stereocenters. The van der Waals surface area contributed by atoms with E-state index in [1.807, 2.05) is 55.5 Å². The maximum absolute atomic E-state index is 11.3. The van der Waals surface area contributed by atoms with Gasteiger partial charge in [0.1, 0.15) is 5.01 Å². The number of aryl methyl sites for hydroxylation is 1. The average molecular weight is 420 g/mol. The summed E-state index contributed by atoms with van der Waals surface area (Å²) in [4.78, 5) is 16.8. The van der Waals surface area contributed by atoms with E-state index in [9.17, 15) is 9.90 Å². The number of benzene rings is 2. The van der Waals surface area contributed by atoms with E-state index in [0.717, 1.165) is 26.2 Å². The number of nitrogens with zero attached hydrogens (tertiary/aromatic N) is 1. The average Bonchev–Trinajstić information content (AvgIpc) is 3.00. The van der Waals surface area contributed by atoms with Crippen LogP contribution in [0.15, 0.2) is 53.0 Å². The maximum Gasteiger partial charge on any atom is 0.323 e. The van der Waals surface area contributed by atoms with Gasteiger partial charge < -0.3 is 5.11 Å². The molecule has 6 heteroatoms. The van der Waals surface area contributed by atoms with Gasteiger partial charge in [-0.3, -0.25) is 4.79 Å². The highest BCUT2D eigenvalue weighted by atomic mass is 79.9. The number of rotatable bonds is 4. The molecule has 1 heterocycles. The van der Waals surface area contributed by atoms with Crippen molar-refractivity contribution in [1.29, 1.82) is 0 Å². The number of hydrogen-bond acceptors (Lipinski definition) is 4. The van der Waals surface area contributed by atoms with E-state index >= 15 is 0 Å². The molecule has 0 fully saturated rings. The Labute approximate surface area is 157 Å². The highest BCUT2D eigenvalue weighted by molar-refractivity contribution is 9.10. The molecule has 3 aromatic rings. The fraction of sp³-hybridized carbons (Fsp3) is 0.111. The minimum Gasteiger partial charge on any atom is -0.480 e. The Hall–Kier alpha value is -1.63. The number of aromatic nitrogens is 1. The molecule has 0 spiro atoms. The molecule has 0 amide bonds. The first-order chi connectivity index (χ1) is 11.5. The van der Waals surface area contributed by atoms with E-state index in [0.29, 0.717) is 5.01 Å². The van der Waals surface area contributed by atoms with Gasteiger partial charge in [0.15, 0.2) is 5.25 Å². The highest BCUT2D eigenvalue weighted by Crippen LogP contribution is 2.40. The summed E-state index contributed by atoms with van der Waals surface area (Å²) >= 11 is 8.98. The van der Waals surface area contributed by atoms with Crippen molar-refractivity contribution in [1.82, 2.24) is 4.98 Å². The first-order valence-corrected chi connectivity index (χ1v) is 9.33. The Balaban J connectivity index is 2.16. The van der Waals surface area contributed by atoms with Crippen LogP contribution in [0.4, 0.5) is 0 Å². The molecule has 0 saturated carbocycles. The minimum atomic E-state index is -0.995. The molecule has 3 nitrogen and oxygen atoms in total. The lowest BCUT2D eigenvalue weighted by Gasteiger charge is -2.04. The Morgan fingerprint density at radius 2 is 1.71 bits per heavy atom. The summed E-state index contributed by atoms with van der Waals surface area (Å²) in [5.41, 5.74) is 3.92. The van der Waals surface area contributed by atoms with E-state index in [-0.39, 0.29) is 0 Å². The van der Waals surface area contributed by atoms with Crippen LogP contribution in [0.5, 0.6) is 0 Å². The molecule has 1 N–H and O–H groups in total. The zero-order valence-electron chi connectivity index (χ0n) is 12.7. The molecule has 122 valence electrons. The molecular formula is C18H14BrNO2S2. The van der Waals surface area contributed by atoms with Crippen molar-refractivity contribution in [2.45, 2.75) is 12.2 Å². The molecule has 24 heavy (non-hydrogen) atoms. The first-order valence-electron chi connectivity index (χ1n) is 7.20. The smallest absolute Gasteiger partial charge is 0.323 e. The number of carboxylic acids is 1. The number of hydrogen-bond donors (Lipinski definition) is 2. The van der Waals surface area contributed by atoms with Crippen LogP contribution in [-0.4, -0.2) is 16.1 Å². The third kappa shape index (κ3) is 3.55. The molecule has 1 unspecified atom stereocenters. The van der Waals surface area contributed by atoms with Crippen LogP contribution in [0, 0.1) is 6.92 Å². The lowest BCUT2D eigenvalue weighted by molar-refractivity contribution is -0.136. The molecule has 0 aliphatic rings. The Morgan fingerprint density at radius 1 is 1.12 bits per heavy atom. The fourth-order valence-electron chi connectivity index (χ4n) is 2.26. The molecule has 1 aromatic heterocycles. The summed E-state index contributed by atoms with van der Waals surface area (Å²) in [6, 6.07) is 16.0. The van der Waals surface area contributed by atoms with Gasteiger partial charge >= 0.3 is 5.97 Å². The van der Waals surface area contributed by atoms with Crippen LogP contribution in [0.2, 0.25) is 0 Å². The van der Waals surface area contributed by atoms with Gasteiger partial charge in [-0.05, 0) is 24.6 Å². The lowest BCUT2D eigenvalue weighted by atomic mass is 10.1.